The highest BCUT2D eigenvalue weighted by atomic mass is 16.2. The van der Waals surface area contributed by atoms with Crippen LogP contribution in [0, 0.1) is 11.3 Å². The van der Waals surface area contributed by atoms with Gasteiger partial charge in [-0.3, -0.25) is 9.59 Å². The van der Waals surface area contributed by atoms with Crippen molar-refractivity contribution in [3.63, 3.8) is 0 Å². The normalized spacial score (nSPS) is 32.7. The summed E-state index contributed by atoms with van der Waals surface area (Å²) in [5.41, 5.74) is 5.02. The van der Waals surface area contributed by atoms with Crippen molar-refractivity contribution in [3.05, 3.63) is 0 Å². The van der Waals surface area contributed by atoms with Crippen molar-refractivity contribution in [1.29, 1.82) is 0 Å². The number of carbonyl (C=O) groups is 2. The summed E-state index contributed by atoms with van der Waals surface area (Å²) in [7, 11) is 0. The number of primary amides is 1. The molecule has 0 bridgehead atoms. The third-order valence-corrected chi connectivity index (χ3v) is 5.10. The smallest absolute Gasteiger partial charge is 0.234 e. The fourth-order valence-corrected chi connectivity index (χ4v) is 3.68. The van der Waals surface area contributed by atoms with Crippen LogP contribution in [-0.4, -0.2) is 41.4 Å². The van der Waals surface area contributed by atoms with Crippen LogP contribution in [0.25, 0.3) is 0 Å². The quantitative estimate of drug-likeness (QED) is 0.832. The molecule has 2 atom stereocenters. The van der Waals surface area contributed by atoms with Crippen LogP contribution in [0.4, 0.5) is 0 Å². The van der Waals surface area contributed by atoms with Gasteiger partial charge < -0.3 is 16.0 Å². The predicted octanol–water partition coefficient (Wildman–Crippen LogP) is 1.66. The summed E-state index contributed by atoms with van der Waals surface area (Å²) in [6.45, 7) is 8.87. The SMILES string of the molecule is CC(C)(C)C(=O)N([C@@H]1CN[C@H](C(N)=O)C1)[C@H]1CC[C@@H](C)CC1. The molecule has 2 amide bonds. The number of nitrogens with one attached hydrogen (secondary N) is 1. The molecule has 2 rings (SSSR count). The Morgan fingerprint density at radius 1 is 1.09 bits per heavy atom. The van der Waals surface area contributed by atoms with E-state index in [1.54, 1.807) is 0 Å². The fraction of sp³-hybridized carbons (Fsp3) is 0.882. The number of carbonyl (C=O) groups excluding carboxylic acids is 2. The van der Waals surface area contributed by atoms with E-state index in [-0.39, 0.29) is 23.9 Å². The van der Waals surface area contributed by atoms with Gasteiger partial charge in [-0.1, -0.05) is 27.7 Å². The van der Waals surface area contributed by atoms with Crippen LogP contribution >= 0.6 is 0 Å². The van der Waals surface area contributed by atoms with E-state index in [0.29, 0.717) is 19.0 Å². The maximum absolute atomic E-state index is 13.0. The lowest BCUT2D eigenvalue weighted by Gasteiger charge is -2.42. The number of hydrogen-bond donors (Lipinski definition) is 2. The zero-order valence-corrected chi connectivity index (χ0v) is 14.4. The average molecular weight is 309 g/mol. The van der Waals surface area contributed by atoms with Gasteiger partial charge in [-0.25, -0.2) is 0 Å². The van der Waals surface area contributed by atoms with E-state index in [1.807, 2.05) is 20.8 Å². The summed E-state index contributed by atoms with van der Waals surface area (Å²) < 4.78 is 0. The van der Waals surface area contributed by atoms with E-state index in [4.69, 9.17) is 5.73 Å². The molecule has 3 N–H and O–H groups in total. The number of nitrogens with zero attached hydrogens (tertiary/aromatic N) is 1. The van der Waals surface area contributed by atoms with Crippen molar-refractivity contribution in [3.8, 4) is 0 Å². The Morgan fingerprint density at radius 3 is 2.14 bits per heavy atom. The van der Waals surface area contributed by atoms with Crippen LogP contribution in [0.2, 0.25) is 0 Å². The molecule has 5 heteroatoms. The maximum atomic E-state index is 13.0. The zero-order valence-electron chi connectivity index (χ0n) is 14.4. The molecule has 0 aromatic rings. The van der Waals surface area contributed by atoms with Crippen molar-refractivity contribution in [2.75, 3.05) is 6.54 Å². The van der Waals surface area contributed by atoms with Crippen molar-refractivity contribution in [2.45, 2.75) is 77.9 Å². The van der Waals surface area contributed by atoms with Crippen molar-refractivity contribution >= 4 is 11.8 Å². The maximum Gasteiger partial charge on any atom is 0.234 e. The highest BCUT2D eigenvalue weighted by molar-refractivity contribution is 5.83. The van der Waals surface area contributed by atoms with Crippen molar-refractivity contribution in [2.24, 2.45) is 17.1 Å². The van der Waals surface area contributed by atoms with Gasteiger partial charge in [-0.05, 0) is 38.0 Å². The monoisotopic (exact) mass is 309 g/mol. The van der Waals surface area contributed by atoms with Crippen LogP contribution in [0.3, 0.4) is 0 Å². The lowest BCUT2D eigenvalue weighted by molar-refractivity contribution is -0.145. The van der Waals surface area contributed by atoms with Gasteiger partial charge in [-0.2, -0.15) is 0 Å². The first-order valence-corrected chi connectivity index (χ1v) is 8.55. The molecule has 22 heavy (non-hydrogen) atoms. The molecule has 126 valence electrons. The van der Waals surface area contributed by atoms with E-state index in [1.165, 1.54) is 12.8 Å². The predicted molar refractivity (Wildman–Crippen MR) is 87.1 cm³/mol. The molecular weight excluding hydrogens is 278 g/mol. The molecule has 2 aliphatic rings. The van der Waals surface area contributed by atoms with E-state index >= 15 is 0 Å². The Balaban J connectivity index is 2.15. The molecular formula is C17H31N3O2. The zero-order chi connectivity index (χ0) is 16.5. The molecule has 0 spiro atoms. The summed E-state index contributed by atoms with van der Waals surface area (Å²) in [6, 6.07) is 0.0896. The van der Waals surface area contributed by atoms with Gasteiger partial charge in [0.1, 0.15) is 0 Å². The van der Waals surface area contributed by atoms with Gasteiger partial charge in [0.15, 0.2) is 0 Å². The Hall–Kier alpha value is -1.10. The van der Waals surface area contributed by atoms with E-state index in [2.05, 4.69) is 17.1 Å². The molecule has 1 aliphatic heterocycles. The number of amides is 2. The molecule has 2 fully saturated rings. The van der Waals surface area contributed by atoms with Crippen molar-refractivity contribution in [1.82, 2.24) is 10.2 Å². The summed E-state index contributed by atoms with van der Waals surface area (Å²) in [5, 5.41) is 3.17. The molecule has 0 unspecified atom stereocenters. The standard InChI is InChI=1S/C17H31N3O2/c1-11-5-7-12(8-6-11)20(16(22)17(2,3)4)13-9-14(15(18)21)19-10-13/h11-14,19H,5-10H2,1-4H3,(H2,18,21)/t11-,12+,13-,14-/m0/s1. The molecule has 1 saturated heterocycles. The lowest BCUT2D eigenvalue weighted by atomic mass is 9.84. The van der Waals surface area contributed by atoms with E-state index in [9.17, 15) is 9.59 Å². The van der Waals surface area contributed by atoms with Crippen LogP contribution in [0.5, 0.6) is 0 Å². The molecule has 0 aromatic heterocycles. The van der Waals surface area contributed by atoms with Gasteiger partial charge in [0.2, 0.25) is 11.8 Å². The van der Waals surface area contributed by atoms with Crippen LogP contribution in [-0.2, 0) is 9.59 Å². The third-order valence-electron chi connectivity index (χ3n) is 5.10. The van der Waals surface area contributed by atoms with Gasteiger partial charge in [0.25, 0.3) is 0 Å². The summed E-state index contributed by atoms with van der Waals surface area (Å²) >= 11 is 0. The van der Waals surface area contributed by atoms with Crippen LogP contribution < -0.4 is 11.1 Å². The Morgan fingerprint density at radius 2 is 1.68 bits per heavy atom. The molecule has 1 aliphatic carbocycles. The van der Waals surface area contributed by atoms with E-state index < -0.39 is 5.41 Å². The van der Waals surface area contributed by atoms with Gasteiger partial charge in [0.05, 0.1) is 6.04 Å². The highest BCUT2D eigenvalue weighted by Crippen LogP contribution is 2.33. The van der Waals surface area contributed by atoms with E-state index in [0.717, 1.165) is 18.8 Å². The number of hydrogen-bond acceptors (Lipinski definition) is 3. The molecule has 0 radical (unpaired) electrons. The largest absolute Gasteiger partial charge is 0.368 e. The first-order chi connectivity index (χ1) is 10.2. The average Bonchev–Trinajstić information content (AvgIpc) is 2.90. The minimum absolute atomic E-state index is 0.0858. The van der Waals surface area contributed by atoms with Gasteiger partial charge in [0, 0.05) is 24.0 Å². The van der Waals surface area contributed by atoms with Crippen LogP contribution in [0.1, 0.15) is 59.8 Å². The Bertz CT molecular complexity index is 422. The molecule has 0 aromatic carbocycles. The minimum atomic E-state index is -0.395. The first-order valence-electron chi connectivity index (χ1n) is 8.55. The second-order valence-corrected chi connectivity index (χ2v) is 8.13. The number of rotatable bonds is 3. The first kappa shape index (κ1) is 17.3. The second kappa shape index (κ2) is 6.57. The third kappa shape index (κ3) is 3.80. The van der Waals surface area contributed by atoms with Crippen LogP contribution in [0.15, 0.2) is 0 Å². The molecule has 1 saturated carbocycles. The van der Waals surface area contributed by atoms with Gasteiger partial charge >= 0.3 is 0 Å². The van der Waals surface area contributed by atoms with Crippen molar-refractivity contribution < 1.29 is 9.59 Å². The summed E-state index contributed by atoms with van der Waals surface area (Å²) in [5.74, 6) is 0.634. The second-order valence-electron chi connectivity index (χ2n) is 8.13. The highest BCUT2D eigenvalue weighted by Gasteiger charge is 2.41. The molecule has 1 heterocycles. The van der Waals surface area contributed by atoms with Gasteiger partial charge in [-0.15, -0.1) is 0 Å². The topological polar surface area (TPSA) is 75.4 Å². The Labute approximate surface area is 134 Å². The number of nitrogens with two attached hydrogens (primary N) is 1. The Kier molecular flexibility index (Phi) is 5.15. The summed E-state index contributed by atoms with van der Waals surface area (Å²) in [6.07, 6.45) is 5.14. The molecule has 5 nitrogen and oxygen atoms in total. The minimum Gasteiger partial charge on any atom is -0.368 e. The fourth-order valence-electron chi connectivity index (χ4n) is 3.68. The summed E-state index contributed by atoms with van der Waals surface area (Å²) in [4.78, 5) is 26.5. The lowest BCUT2D eigenvalue weighted by Crippen LogP contribution is -2.53.